The monoisotopic (exact) mass is 262 g/mol. The predicted octanol–water partition coefficient (Wildman–Crippen LogP) is 1.49. The normalized spacial score (nSPS) is 16.5. The second-order valence-electron chi connectivity index (χ2n) is 5.03. The average molecular weight is 262 g/mol. The zero-order valence-corrected chi connectivity index (χ0v) is 11.1. The first kappa shape index (κ1) is 13.5. The Balaban J connectivity index is 2.11. The summed E-state index contributed by atoms with van der Waals surface area (Å²) in [5.41, 5.74) is 1.61. The number of hydrogen-bond donors (Lipinski definition) is 3. The van der Waals surface area contributed by atoms with Gasteiger partial charge in [-0.15, -0.1) is 0 Å². The zero-order valence-electron chi connectivity index (χ0n) is 11.1. The molecule has 1 aliphatic rings. The highest BCUT2D eigenvalue weighted by Crippen LogP contribution is 2.21. The molecule has 1 aromatic carbocycles. The maximum absolute atomic E-state index is 12.1. The van der Waals surface area contributed by atoms with Gasteiger partial charge >= 0.3 is 5.97 Å². The quantitative estimate of drug-likeness (QED) is 0.768. The SMILES string of the molecule is Cc1ccc(C(=O)O)cc1NC(=O)C(C)C1CNC1. The standard InChI is InChI=1S/C14H18N2O3/c1-8-3-4-10(14(18)19)5-12(8)16-13(17)9(2)11-6-15-7-11/h3-5,9,11,15H,6-7H2,1-2H3,(H,16,17)(H,18,19). The molecule has 3 N–H and O–H groups in total. The molecule has 1 aliphatic heterocycles. The van der Waals surface area contributed by atoms with Gasteiger partial charge in [0, 0.05) is 11.6 Å². The molecule has 1 fully saturated rings. The van der Waals surface area contributed by atoms with Gasteiger partial charge < -0.3 is 15.7 Å². The second-order valence-corrected chi connectivity index (χ2v) is 5.03. The van der Waals surface area contributed by atoms with Crippen LogP contribution in [-0.2, 0) is 4.79 Å². The number of carboxylic acids is 1. The van der Waals surface area contributed by atoms with Crippen LogP contribution in [0.4, 0.5) is 5.69 Å². The molecule has 0 aromatic heterocycles. The third-order valence-corrected chi connectivity index (χ3v) is 3.68. The van der Waals surface area contributed by atoms with E-state index in [0.29, 0.717) is 11.6 Å². The molecule has 0 aliphatic carbocycles. The van der Waals surface area contributed by atoms with Crippen molar-refractivity contribution in [3.63, 3.8) is 0 Å². The Morgan fingerprint density at radius 2 is 2.11 bits per heavy atom. The van der Waals surface area contributed by atoms with Crippen molar-refractivity contribution < 1.29 is 14.7 Å². The van der Waals surface area contributed by atoms with Crippen LogP contribution >= 0.6 is 0 Å². The molecule has 1 saturated heterocycles. The van der Waals surface area contributed by atoms with Crippen LogP contribution in [-0.4, -0.2) is 30.1 Å². The fraction of sp³-hybridized carbons (Fsp3) is 0.429. The number of hydrogen-bond acceptors (Lipinski definition) is 3. The summed E-state index contributed by atoms with van der Waals surface area (Å²) < 4.78 is 0. The van der Waals surface area contributed by atoms with Crippen molar-refractivity contribution in [3.8, 4) is 0 Å². The highest BCUT2D eigenvalue weighted by molar-refractivity contribution is 5.95. The topological polar surface area (TPSA) is 78.4 Å². The lowest BCUT2D eigenvalue weighted by atomic mass is 9.88. The van der Waals surface area contributed by atoms with Crippen LogP contribution in [0, 0.1) is 18.8 Å². The number of carboxylic acid groups (broad SMARTS) is 1. The third-order valence-electron chi connectivity index (χ3n) is 3.68. The molecule has 1 unspecified atom stereocenters. The summed E-state index contributed by atoms with van der Waals surface area (Å²) >= 11 is 0. The van der Waals surface area contributed by atoms with Crippen LogP contribution in [0.5, 0.6) is 0 Å². The van der Waals surface area contributed by atoms with E-state index < -0.39 is 5.97 Å². The van der Waals surface area contributed by atoms with Gasteiger partial charge in [-0.1, -0.05) is 13.0 Å². The number of rotatable bonds is 4. The summed E-state index contributed by atoms with van der Waals surface area (Å²) in [7, 11) is 0. The Kier molecular flexibility index (Phi) is 3.85. The van der Waals surface area contributed by atoms with Gasteiger partial charge in [-0.2, -0.15) is 0 Å². The van der Waals surface area contributed by atoms with E-state index in [1.165, 1.54) is 12.1 Å². The van der Waals surface area contributed by atoms with E-state index in [9.17, 15) is 9.59 Å². The number of amides is 1. The minimum atomic E-state index is -0.994. The Morgan fingerprint density at radius 1 is 1.42 bits per heavy atom. The molecule has 2 rings (SSSR count). The van der Waals surface area contributed by atoms with E-state index >= 15 is 0 Å². The van der Waals surface area contributed by atoms with Crippen molar-refractivity contribution in [3.05, 3.63) is 29.3 Å². The van der Waals surface area contributed by atoms with Crippen molar-refractivity contribution in [2.75, 3.05) is 18.4 Å². The van der Waals surface area contributed by atoms with Crippen molar-refractivity contribution in [1.82, 2.24) is 5.32 Å². The first-order valence-electron chi connectivity index (χ1n) is 6.34. The molecule has 1 heterocycles. The van der Waals surface area contributed by atoms with Crippen LogP contribution < -0.4 is 10.6 Å². The third kappa shape index (κ3) is 2.93. The summed E-state index contributed by atoms with van der Waals surface area (Å²) in [6.45, 7) is 5.47. The minimum absolute atomic E-state index is 0.0582. The smallest absolute Gasteiger partial charge is 0.335 e. The van der Waals surface area contributed by atoms with E-state index in [4.69, 9.17) is 5.11 Å². The summed E-state index contributed by atoms with van der Waals surface area (Å²) in [5, 5.41) is 14.9. The highest BCUT2D eigenvalue weighted by Gasteiger charge is 2.28. The lowest BCUT2D eigenvalue weighted by molar-refractivity contribution is -0.121. The van der Waals surface area contributed by atoms with Crippen molar-refractivity contribution in [1.29, 1.82) is 0 Å². The van der Waals surface area contributed by atoms with E-state index in [1.54, 1.807) is 6.07 Å². The molecule has 0 bridgehead atoms. The number of benzene rings is 1. The van der Waals surface area contributed by atoms with Crippen LogP contribution in [0.1, 0.15) is 22.8 Å². The Labute approximate surface area is 112 Å². The van der Waals surface area contributed by atoms with Gasteiger partial charge in [-0.25, -0.2) is 4.79 Å². The van der Waals surface area contributed by atoms with Crippen LogP contribution in [0.15, 0.2) is 18.2 Å². The van der Waals surface area contributed by atoms with Gasteiger partial charge in [-0.3, -0.25) is 4.79 Å². The average Bonchev–Trinajstić information content (AvgIpc) is 2.29. The highest BCUT2D eigenvalue weighted by atomic mass is 16.4. The molecule has 0 spiro atoms. The van der Waals surface area contributed by atoms with Crippen molar-refractivity contribution >= 4 is 17.6 Å². The number of nitrogens with one attached hydrogen (secondary N) is 2. The van der Waals surface area contributed by atoms with Gasteiger partial charge in [0.1, 0.15) is 0 Å². The first-order valence-corrected chi connectivity index (χ1v) is 6.34. The second kappa shape index (κ2) is 5.40. The fourth-order valence-corrected chi connectivity index (χ4v) is 2.01. The lowest BCUT2D eigenvalue weighted by Gasteiger charge is -2.31. The van der Waals surface area contributed by atoms with E-state index in [2.05, 4.69) is 10.6 Å². The number of aromatic carboxylic acids is 1. The Morgan fingerprint density at radius 3 is 2.63 bits per heavy atom. The maximum Gasteiger partial charge on any atom is 0.335 e. The minimum Gasteiger partial charge on any atom is -0.478 e. The molecule has 5 nitrogen and oxygen atoms in total. The van der Waals surface area contributed by atoms with E-state index in [-0.39, 0.29) is 17.4 Å². The van der Waals surface area contributed by atoms with Crippen LogP contribution in [0.3, 0.4) is 0 Å². The number of anilines is 1. The van der Waals surface area contributed by atoms with Gasteiger partial charge in [0.25, 0.3) is 0 Å². The Bertz CT molecular complexity index is 509. The molecule has 1 aromatic rings. The summed E-state index contributed by atoms with van der Waals surface area (Å²) in [5.74, 6) is -0.763. The molecule has 1 atom stereocenters. The predicted molar refractivity (Wildman–Crippen MR) is 72.3 cm³/mol. The lowest BCUT2D eigenvalue weighted by Crippen LogP contribution is -2.48. The van der Waals surface area contributed by atoms with E-state index in [0.717, 1.165) is 18.7 Å². The maximum atomic E-state index is 12.1. The Hall–Kier alpha value is -1.88. The van der Waals surface area contributed by atoms with E-state index in [1.807, 2.05) is 13.8 Å². The molecular formula is C14H18N2O3. The molecule has 19 heavy (non-hydrogen) atoms. The zero-order chi connectivity index (χ0) is 14.0. The summed E-state index contributed by atoms with van der Waals surface area (Å²) in [4.78, 5) is 23.0. The number of carbonyl (C=O) groups excluding carboxylic acids is 1. The number of aryl methyl sites for hydroxylation is 1. The summed E-state index contributed by atoms with van der Waals surface area (Å²) in [6.07, 6.45) is 0. The molecule has 102 valence electrons. The molecular weight excluding hydrogens is 244 g/mol. The van der Waals surface area contributed by atoms with Crippen molar-refractivity contribution in [2.45, 2.75) is 13.8 Å². The largest absolute Gasteiger partial charge is 0.478 e. The van der Waals surface area contributed by atoms with Gasteiger partial charge in [-0.05, 0) is 43.6 Å². The molecule has 1 amide bonds. The van der Waals surface area contributed by atoms with Gasteiger partial charge in [0.15, 0.2) is 0 Å². The van der Waals surface area contributed by atoms with Gasteiger partial charge in [0.05, 0.1) is 5.56 Å². The van der Waals surface area contributed by atoms with Crippen LogP contribution in [0.2, 0.25) is 0 Å². The number of carbonyl (C=O) groups is 2. The molecule has 5 heteroatoms. The molecule has 0 saturated carbocycles. The van der Waals surface area contributed by atoms with Crippen LogP contribution in [0.25, 0.3) is 0 Å². The molecule has 0 radical (unpaired) electrons. The first-order chi connectivity index (χ1) is 8.99. The van der Waals surface area contributed by atoms with Gasteiger partial charge in [0.2, 0.25) is 5.91 Å². The van der Waals surface area contributed by atoms with Crippen molar-refractivity contribution in [2.24, 2.45) is 11.8 Å². The summed E-state index contributed by atoms with van der Waals surface area (Å²) in [6, 6.07) is 4.74. The fourth-order valence-electron chi connectivity index (χ4n) is 2.01.